The summed E-state index contributed by atoms with van der Waals surface area (Å²) in [5.41, 5.74) is 1.09. The Morgan fingerprint density at radius 1 is 1.50 bits per heavy atom. The lowest BCUT2D eigenvalue weighted by Crippen LogP contribution is -2.26. The highest BCUT2D eigenvalue weighted by atomic mass is 16.4. The molecule has 0 aliphatic heterocycles. The maximum absolute atomic E-state index is 11.8. The van der Waals surface area contributed by atoms with Crippen LogP contribution in [0.4, 0.5) is 5.69 Å². The van der Waals surface area contributed by atoms with Crippen molar-refractivity contribution < 1.29 is 14.7 Å². The average Bonchev–Trinajstić information content (AvgIpc) is 3.21. The molecular weight excluding hydrogens is 258 g/mol. The number of aliphatic carboxylic acids is 1. The summed E-state index contributed by atoms with van der Waals surface area (Å²) in [7, 11) is 3.34. The number of nitrogens with one attached hydrogen (secondary N) is 1. The lowest BCUT2D eigenvalue weighted by atomic mass is 10.1. The van der Waals surface area contributed by atoms with Crippen molar-refractivity contribution in [3.05, 3.63) is 24.0 Å². The predicted molar refractivity (Wildman–Crippen MR) is 74.6 cm³/mol. The van der Waals surface area contributed by atoms with E-state index in [0.717, 1.165) is 18.5 Å². The predicted octanol–water partition coefficient (Wildman–Crippen LogP) is 1.45. The maximum Gasteiger partial charge on any atom is 0.305 e. The Labute approximate surface area is 117 Å². The summed E-state index contributed by atoms with van der Waals surface area (Å²) in [6, 6.07) is 3.33. The van der Waals surface area contributed by atoms with Gasteiger partial charge in [-0.05, 0) is 30.9 Å². The third-order valence-corrected chi connectivity index (χ3v) is 3.32. The van der Waals surface area contributed by atoms with E-state index in [-0.39, 0.29) is 18.4 Å². The molecule has 0 radical (unpaired) electrons. The molecule has 2 rings (SSSR count). The van der Waals surface area contributed by atoms with Crippen molar-refractivity contribution in [3.8, 4) is 0 Å². The summed E-state index contributed by atoms with van der Waals surface area (Å²) in [6.45, 7) is 0. The molecule has 6 nitrogen and oxygen atoms in total. The Hall–Kier alpha value is -2.11. The summed E-state index contributed by atoms with van der Waals surface area (Å²) < 4.78 is 0. The van der Waals surface area contributed by atoms with Crippen molar-refractivity contribution >= 4 is 17.6 Å². The van der Waals surface area contributed by atoms with Crippen LogP contribution >= 0.6 is 0 Å². The Bertz CT molecular complexity index is 512. The van der Waals surface area contributed by atoms with E-state index in [1.807, 2.05) is 0 Å². The van der Waals surface area contributed by atoms with E-state index >= 15 is 0 Å². The molecular formula is C14H19N3O3. The first-order chi connectivity index (χ1) is 9.47. The minimum atomic E-state index is -0.812. The number of amides is 1. The number of carbonyl (C=O) groups is 2. The van der Waals surface area contributed by atoms with Crippen LogP contribution in [0.3, 0.4) is 0 Å². The summed E-state index contributed by atoms with van der Waals surface area (Å²) in [5.74, 6) is -0.574. The molecule has 1 aliphatic rings. The molecule has 1 saturated carbocycles. The monoisotopic (exact) mass is 277 g/mol. The van der Waals surface area contributed by atoms with Gasteiger partial charge in [0.25, 0.3) is 5.91 Å². The van der Waals surface area contributed by atoms with Gasteiger partial charge in [-0.15, -0.1) is 0 Å². The van der Waals surface area contributed by atoms with Crippen molar-refractivity contribution in [1.82, 2.24) is 9.88 Å². The van der Waals surface area contributed by atoms with Gasteiger partial charge in [-0.1, -0.05) is 0 Å². The molecule has 1 atom stereocenters. The quantitative estimate of drug-likeness (QED) is 0.822. The highest BCUT2D eigenvalue weighted by Gasteiger charge is 2.32. The lowest BCUT2D eigenvalue weighted by Gasteiger charge is -2.18. The van der Waals surface area contributed by atoms with E-state index in [1.54, 1.807) is 32.4 Å². The number of nitrogens with zero attached hydrogens (tertiary/aromatic N) is 2. The SMILES string of the molecule is CN(C)C(=O)c1cc(NC(CC(=O)O)C2CC2)ccn1. The van der Waals surface area contributed by atoms with Gasteiger partial charge in [-0.3, -0.25) is 14.6 Å². The Morgan fingerprint density at radius 3 is 2.75 bits per heavy atom. The Balaban J connectivity index is 2.10. The Kier molecular flexibility index (Phi) is 4.22. The van der Waals surface area contributed by atoms with E-state index in [4.69, 9.17) is 5.11 Å². The molecule has 1 aromatic rings. The summed E-state index contributed by atoms with van der Waals surface area (Å²) in [5, 5.41) is 12.2. The molecule has 6 heteroatoms. The lowest BCUT2D eigenvalue weighted by molar-refractivity contribution is -0.137. The highest BCUT2D eigenvalue weighted by molar-refractivity contribution is 5.92. The fraction of sp³-hybridized carbons (Fsp3) is 0.500. The van der Waals surface area contributed by atoms with Gasteiger partial charge in [-0.25, -0.2) is 0 Å². The van der Waals surface area contributed by atoms with Crippen molar-refractivity contribution in [1.29, 1.82) is 0 Å². The fourth-order valence-corrected chi connectivity index (χ4v) is 2.10. The van der Waals surface area contributed by atoms with Gasteiger partial charge in [0.1, 0.15) is 5.69 Å². The minimum Gasteiger partial charge on any atom is -0.481 e. The van der Waals surface area contributed by atoms with E-state index in [9.17, 15) is 9.59 Å². The zero-order chi connectivity index (χ0) is 14.7. The van der Waals surface area contributed by atoms with E-state index in [0.29, 0.717) is 11.6 Å². The summed E-state index contributed by atoms with van der Waals surface area (Å²) in [6.07, 6.45) is 3.76. The standard InChI is InChI=1S/C14H19N3O3/c1-17(2)14(20)12-7-10(5-6-15-12)16-11(8-13(18)19)9-3-4-9/h5-7,9,11H,3-4,8H2,1-2H3,(H,15,16)(H,18,19). The molecule has 0 spiro atoms. The smallest absolute Gasteiger partial charge is 0.305 e. The van der Waals surface area contributed by atoms with Crippen LogP contribution in [0.5, 0.6) is 0 Å². The topological polar surface area (TPSA) is 82.5 Å². The first-order valence-corrected chi connectivity index (χ1v) is 6.63. The zero-order valence-electron chi connectivity index (χ0n) is 11.7. The average molecular weight is 277 g/mol. The molecule has 108 valence electrons. The number of carboxylic acid groups (broad SMARTS) is 1. The molecule has 1 aliphatic carbocycles. The molecule has 1 amide bonds. The van der Waals surface area contributed by atoms with Gasteiger partial charge in [0.2, 0.25) is 0 Å². The molecule has 2 N–H and O–H groups in total. The Morgan fingerprint density at radius 2 is 2.20 bits per heavy atom. The van der Waals surface area contributed by atoms with Gasteiger partial charge in [0, 0.05) is 32.0 Å². The second-order valence-corrected chi connectivity index (χ2v) is 5.32. The van der Waals surface area contributed by atoms with Crippen LogP contribution in [-0.4, -0.2) is 47.0 Å². The van der Waals surface area contributed by atoms with Crippen molar-refractivity contribution in [3.63, 3.8) is 0 Å². The number of rotatable bonds is 6. The highest BCUT2D eigenvalue weighted by Crippen LogP contribution is 2.35. The summed E-state index contributed by atoms with van der Waals surface area (Å²) >= 11 is 0. The molecule has 20 heavy (non-hydrogen) atoms. The minimum absolute atomic E-state index is 0.0859. The van der Waals surface area contributed by atoms with Crippen molar-refractivity contribution in [2.75, 3.05) is 19.4 Å². The first-order valence-electron chi connectivity index (χ1n) is 6.63. The number of anilines is 1. The van der Waals surface area contributed by atoms with Crippen LogP contribution in [0.1, 0.15) is 29.8 Å². The van der Waals surface area contributed by atoms with Crippen molar-refractivity contribution in [2.45, 2.75) is 25.3 Å². The van der Waals surface area contributed by atoms with Crippen LogP contribution in [0.2, 0.25) is 0 Å². The zero-order valence-corrected chi connectivity index (χ0v) is 11.7. The number of pyridine rings is 1. The molecule has 1 unspecified atom stereocenters. The van der Waals surface area contributed by atoms with Crippen LogP contribution in [-0.2, 0) is 4.79 Å². The van der Waals surface area contributed by atoms with E-state index < -0.39 is 5.97 Å². The summed E-state index contributed by atoms with van der Waals surface area (Å²) in [4.78, 5) is 28.2. The van der Waals surface area contributed by atoms with Crippen LogP contribution < -0.4 is 5.32 Å². The maximum atomic E-state index is 11.8. The third kappa shape index (κ3) is 3.69. The largest absolute Gasteiger partial charge is 0.481 e. The molecule has 1 heterocycles. The third-order valence-electron chi connectivity index (χ3n) is 3.32. The fourth-order valence-electron chi connectivity index (χ4n) is 2.10. The number of aromatic nitrogens is 1. The van der Waals surface area contributed by atoms with Crippen molar-refractivity contribution in [2.24, 2.45) is 5.92 Å². The van der Waals surface area contributed by atoms with Gasteiger partial charge in [-0.2, -0.15) is 0 Å². The number of hydrogen-bond acceptors (Lipinski definition) is 4. The van der Waals surface area contributed by atoms with Gasteiger partial charge in [0.15, 0.2) is 0 Å². The van der Waals surface area contributed by atoms with E-state index in [1.165, 1.54) is 4.90 Å². The van der Waals surface area contributed by atoms with Gasteiger partial charge < -0.3 is 15.3 Å². The molecule has 0 aromatic carbocycles. The van der Waals surface area contributed by atoms with Crippen LogP contribution in [0, 0.1) is 5.92 Å². The number of hydrogen-bond donors (Lipinski definition) is 2. The molecule has 0 bridgehead atoms. The van der Waals surface area contributed by atoms with Crippen LogP contribution in [0.25, 0.3) is 0 Å². The first kappa shape index (κ1) is 14.3. The number of carbonyl (C=O) groups excluding carboxylic acids is 1. The molecule has 1 fully saturated rings. The molecule has 0 saturated heterocycles. The molecule has 1 aromatic heterocycles. The second kappa shape index (κ2) is 5.90. The van der Waals surface area contributed by atoms with Gasteiger partial charge in [0.05, 0.1) is 6.42 Å². The van der Waals surface area contributed by atoms with E-state index in [2.05, 4.69) is 10.3 Å². The number of carboxylic acids is 1. The van der Waals surface area contributed by atoms with Crippen LogP contribution in [0.15, 0.2) is 18.3 Å². The second-order valence-electron chi connectivity index (χ2n) is 5.32. The van der Waals surface area contributed by atoms with Gasteiger partial charge >= 0.3 is 5.97 Å². The normalized spacial score (nSPS) is 15.5.